The number of pyridine rings is 2. The van der Waals surface area contributed by atoms with Crippen LogP contribution in [0.25, 0.3) is 16.7 Å². The number of aromatic nitrogens is 6. The number of amides is 2. The number of carbonyl (C=O) groups excluding carboxylic acids is 2. The van der Waals surface area contributed by atoms with Gasteiger partial charge in [-0.25, -0.2) is 24.5 Å². The molecule has 12 heteroatoms. The molecule has 1 atom stereocenters. The SMILES string of the molecule is C=CC(=O)N1CCN(c2ccc3ncnc(Nc4ccc(Oc5ccn6ncnc6c5)c(C)c4)c3n2)C(=O)[C@H]1C. The number of aryl methyl sites for hydroxylation is 1. The van der Waals surface area contributed by atoms with Gasteiger partial charge in [0.25, 0.3) is 5.91 Å². The van der Waals surface area contributed by atoms with Crippen molar-refractivity contribution in [1.29, 1.82) is 0 Å². The van der Waals surface area contributed by atoms with Gasteiger partial charge < -0.3 is 15.0 Å². The van der Waals surface area contributed by atoms with E-state index in [1.54, 1.807) is 34.7 Å². The van der Waals surface area contributed by atoms with Gasteiger partial charge in [0.1, 0.15) is 41.5 Å². The molecule has 5 aromatic rings. The number of ether oxygens (including phenoxy) is 1. The van der Waals surface area contributed by atoms with E-state index in [-0.39, 0.29) is 11.8 Å². The van der Waals surface area contributed by atoms with Crippen molar-refractivity contribution in [1.82, 2.24) is 34.4 Å². The minimum atomic E-state index is -0.622. The first-order valence-corrected chi connectivity index (χ1v) is 12.6. The Morgan fingerprint density at radius 1 is 1.10 bits per heavy atom. The Labute approximate surface area is 229 Å². The van der Waals surface area contributed by atoms with E-state index in [4.69, 9.17) is 9.72 Å². The third-order valence-electron chi connectivity index (χ3n) is 6.77. The topological polar surface area (TPSA) is 131 Å². The number of nitrogens with zero attached hydrogens (tertiary/aromatic N) is 8. The second-order valence-corrected chi connectivity index (χ2v) is 9.29. The van der Waals surface area contributed by atoms with Crippen LogP contribution in [0.1, 0.15) is 12.5 Å². The second-order valence-electron chi connectivity index (χ2n) is 9.29. The van der Waals surface area contributed by atoms with Crippen LogP contribution < -0.4 is 15.0 Å². The minimum absolute atomic E-state index is 0.214. The number of benzene rings is 1. The second kappa shape index (κ2) is 10.1. The molecule has 1 N–H and O–H groups in total. The maximum atomic E-state index is 13.1. The van der Waals surface area contributed by atoms with Crippen LogP contribution in [0.15, 0.2) is 74.0 Å². The quantitative estimate of drug-likeness (QED) is 0.324. The number of hydrogen-bond donors (Lipinski definition) is 1. The van der Waals surface area contributed by atoms with E-state index in [1.807, 2.05) is 37.3 Å². The van der Waals surface area contributed by atoms with Crippen LogP contribution in [0.5, 0.6) is 11.5 Å². The smallest absolute Gasteiger partial charge is 0.250 e. The fourth-order valence-corrected chi connectivity index (χ4v) is 4.65. The highest BCUT2D eigenvalue weighted by Gasteiger charge is 2.34. The highest BCUT2D eigenvalue weighted by molar-refractivity contribution is 6.02. The summed E-state index contributed by atoms with van der Waals surface area (Å²) in [5.74, 6) is 1.84. The first kappa shape index (κ1) is 24.9. The molecule has 0 radical (unpaired) electrons. The highest BCUT2D eigenvalue weighted by atomic mass is 16.5. The van der Waals surface area contributed by atoms with Gasteiger partial charge in [-0.1, -0.05) is 6.58 Å². The van der Waals surface area contributed by atoms with E-state index in [9.17, 15) is 9.59 Å². The summed E-state index contributed by atoms with van der Waals surface area (Å²) >= 11 is 0. The summed E-state index contributed by atoms with van der Waals surface area (Å²) in [6.07, 6.45) is 5.97. The summed E-state index contributed by atoms with van der Waals surface area (Å²) in [7, 11) is 0. The van der Waals surface area contributed by atoms with Crippen LogP contribution in [0, 0.1) is 6.92 Å². The Morgan fingerprint density at radius 2 is 1.98 bits per heavy atom. The van der Waals surface area contributed by atoms with Crippen molar-refractivity contribution in [3.63, 3.8) is 0 Å². The van der Waals surface area contributed by atoms with E-state index in [0.717, 1.165) is 11.3 Å². The van der Waals surface area contributed by atoms with E-state index < -0.39 is 6.04 Å². The molecule has 40 heavy (non-hydrogen) atoms. The largest absolute Gasteiger partial charge is 0.457 e. The lowest BCUT2D eigenvalue weighted by molar-refractivity contribution is -0.137. The predicted molar refractivity (Wildman–Crippen MR) is 149 cm³/mol. The Kier molecular flexibility index (Phi) is 6.27. The maximum Gasteiger partial charge on any atom is 0.250 e. The fraction of sp³-hybridized carbons (Fsp3) is 0.179. The number of piperazine rings is 1. The number of rotatable bonds is 6. The van der Waals surface area contributed by atoms with Gasteiger partial charge in [0.2, 0.25) is 5.91 Å². The average molecular weight is 536 g/mol. The van der Waals surface area contributed by atoms with Gasteiger partial charge in [0, 0.05) is 31.0 Å². The normalized spacial score (nSPS) is 15.4. The van der Waals surface area contributed by atoms with Crippen LogP contribution in [-0.2, 0) is 9.59 Å². The zero-order chi connectivity index (χ0) is 27.8. The summed E-state index contributed by atoms with van der Waals surface area (Å²) in [5, 5.41) is 7.42. The Bertz CT molecular complexity index is 1780. The molecule has 0 spiro atoms. The Balaban J connectivity index is 1.24. The van der Waals surface area contributed by atoms with Crippen molar-refractivity contribution in [2.75, 3.05) is 23.3 Å². The zero-order valence-corrected chi connectivity index (χ0v) is 21.9. The Hall–Kier alpha value is -5.39. The molecule has 0 aliphatic carbocycles. The molecule has 6 rings (SSSR count). The van der Waals surface area contributed by atoms with Crippen LogP contribution in [0.3, 0.4) is 0 Å². The molecular weight excluding hydrogens is 510 g/mol. The molecule has 2 amide bonds. The summed E-state index contributed by atoms with van der Waals surface area (Å²) in [5.41, 5.74) is 3.53. The van der Waals surface area contributed by atoms with Crippen molar-refractivity contribution in [3.8, 4) is 11.5 Å². The molecule has 1 aliphatic heterocycles. The lowest BCUT2D eigenvalue weighted by atomic mass is 10.1. The van der Waals surface area contributed by atoms with Crippen LogP contribution >= 0.6 is 0 Å². The number of nitrogens with one attached hydrogen (secondary N) is 1. The lowest BCUT2D eigenvalue weighted by Gasteiger charge is -2.38. The van der Waals surface area contributed by atoms with E-state index in [0.29, 0.717) is 52.9 Å². The lowest BCUT2D eigenvalue weighted by Crippen LogP contribution is -2.57. The van der Waals surface area contributed by atoms with Gasteiger partial charge in [-0.15, -0.1) is 0 Å². The van der Waals surface area contributed by atoms with Crippen molar-refractivity contribution in [2.24, 2.45) is 0 Å². The number of anilines is 3. The molecule has 12 nitrogen and oxygen atoms in total. The van der Waals surface area contributed by atoms with E-state index in [1.165, 1.54) is 23.6 Å². The van der Waals surface area contributed by atoms with Crippen molar-refractivity contribution >= 4 is 45.8 Å². The van der Waals surface area contributed by atoms with Crippen molar-refractivity contribution in [3.05, 3.63) is 79.5 Å². The molecule has 0 bridgehead atoms. The monoisotopic (exact) mass is 535 g/mol. The van der Waals surface area contributed by atoms with Gasteiger partial charge in [0.15, 0.2) is 11.5 Å². The molecular formula is C28H25N9O3. The number of fused-ring (bicyclic) bond motifs is 2. The van der Waals surface area contributed by atoms with E-state index in [2.05, 4.69) is 31.9 Å². The minimum Gasteiger partial charge on any atom is -0.457 e. The maximum absolute atomic E-state index is 13.1. The average Bonchev–Trinajstić information content (AvgIpc) is 3.44. The van der Waals surface area contributed by atoms with Crippen molar-refractivity contribution < 1.29 is 14.3 Å². The summed E-state index contributed by atoms with van der Waals surface area (Å²) in [6.45, 7) is 7.89. The molecule has 1 fully saturated rings. The molecule has 0 saturated carbocycles. The molecule has 0 unspecified atom stereocenters. The van der Waals surface area contributed by atoms with Gasteiger partial charge in [0.05, 0.1) is 5.52 Å². The summed E-state index contributed by atoms with van der Waals surface area (Å²) in [6, 6.07) is 12.3. The summed E-state index contributed by atoms with van der Waals surface area (Å²) in [4.78, 5) is 46.0. The standard InChI is InChI=1S/C28H25N9O3/c1-4-25(38)35-11-12-36(28(39)18(35)3)23-8-6-21-26(34-23)27(31-15-29-21)33-19-5-7-22(17(2)13-19)40-20-9-10-37-24(14-20)30-16-32-37/h4-10,13-16,18H,1,11-12H2,2-3H3,(H,29,31,33)/t18-/m1/s1. The number of carbonyl (C=O) groups is 2. The first-order valence-electron chi connectivity index (χ1n) is 12.6. The van der Waals surface area contributed by atoms with Gasteiger partial charge in [-0.05, 0) is 61.9 Å². The van der Waals surface area contributed by atoms with Crippen molar-refractivity contribution in [2.45, 2.75) is 19.9 Å². The molecule has 1 aromatic carbocycles. The van der Waals surface area contributed by atoms with Gasteiger partial charge >= 0.3 is 0 Å². The summed E-state index contributed by atoms with van der Waals surface area (Å²) < 4.78 is 7.74. The van der Waals surface area contributed by atoms with Gasteiger partial charge in [-0.2, -0.15) is 5.10 Å². The molecule has 1 saturated heterocycles. The number of hydrogen-bond acceptors (Lipinski definition) is 9. The van der Waals surface area contributed by atoms with Crippen LogP contribution in [0.2, 0.25) is 0 Å². The van der Waals surface area contributed by atoms with Crippen LogP contribution in [-0.4, -0.2) is 65.4 Å². The highest BCUT2D eigenvalue weighted by Crippen LogP contribution is 2.30. The van der Waals surface area contributed by atoms with Gasteiger partial charge in [-0.3, -0.25) is 14.5 Å². The molecule has 4 aromatic heterocycles. The first-order chi connectivity index (χ1) is 19.4. The zero-order valence-electron chi connectivity index (χ0n) is 21.9. The van der Waals surface area contributed by atoms with Crippen LogP contribution in [0.4, 0.5) is 17.3 Å². The Morgan fingerprint density at radius 3 is 2.80 bits per heavy atom. The predicted octanol–water partition coefficient (Wildman–Crippen LogP) is 3.66. The molecule has 5 heterocycles. The third kappa shape index (κ3) is 4.55. The van der Waals surface area contributed by atoms with E-state index >= 15 is 0 Å². The third-order valence-corrected chi connectivity index (χ3v) is 6.77. The fourth-order valence-electron chi connectivity index (χ4n) is 4.65. The molecule has 200 valence electrons. The molecule has 1 aliphatic rings.